The predicted octanol–water partition coefficient (Wildman–Crippen LogP) is 2.29. The highest BCUT2D eigenvalue weighted by Crippen LogP contribution is 2.14. The molecule has 0 bridgehead atoms. The Bertz CT molecular complexity index is 448. The minimum atomic E-state index is -0.306. The van der Waals surface area contributed by atoms with E-state index in [1.807, 2.05) is 30.3 Å². The van der Waals surface area contributed by atoms with Crippen molar-refractivity contribution in [1.29, 1.82) is 5.26 Å². The summed E-state index contributed by atoms with van der Waals surface area (Å²) in [5, 5.41) is 8.43. The Labute approximate surface area is 112 Å². The van der Waals surface area contributed by atoms with Gasteiger partial charge < -0.3 is 14.4 Å². The predicted molar refractivity (Wildman–Crippen MR) is 67.9 cm³/mol. The molecule has 1 aliphatic rings. The van der Waals surface area contributed by atoms with E-state index in [2.05, 4.69) is 0 Å². The standard InChI is InChI=1S/C14H16N2O3/c15-11-19-13-6-8-16(9-7-13)14(17)18-10-12-4-2-1-3-5-12/h1-5,13H,6-10H2. The fraction of sp³-hybridized carbons (Fsp3) is 0.429. The molecule has 5 heteroatoms. The molecule has 5 nitrogen and oxygen atoms in total. The van der Waals surface area contributed by atoms with Crippen molar-refractivity contribution in [3.63, 3.8) is 0 Å². The van der Waals surface area contributed by atoms with E-state index in [4.69, 9.17) is 14.7 Å². The van der Waals surface area contributed by atoms with Gasteiger partial charge in [0.25, 0.3) is 6.26 Å². The molecule has 0 spiro atoms. The summed E-state index contributed by atoms with van der Waals surface area (Å²) in [5.74, 6) is 0. The molecule has 0 radical (unpaired) electrons. The molecule has 1 aromatic carbocycles. The van der Waals surface area contributed by atoms with E-state index in [0.29, 0.717) is 25.9 Å². The average Bonchev–Trinajstić information content (AvgIpc) is 2.47. The molecule has 100 valence electrons. The number of carbonyl (C=O) groups is 1. The van der Waals surface area contributed by atoms with Crippen LogP contribution in [0, 0.1) is 11.5 Å². The van der Waals surface area contributed by atoms with Crippen LogP contribution in [0.2, 0.25) is 0 Å². The SMILES string of the molecule is N#COC1CCN(C(=O)OCc2ccccc2)CC1. The van der Waals surface area contributed by atoms with Crippen LogP contribution in [-0.4, -0.2) is 30.2 Å². The molecule has 2 rings (SSSR count). The summed E-state index contributed by atoms with van der Waals surface area (Å²) in [6, 6.07) is 9.58. The molecule has 0 aromatic heterocycles. The van der Waals surface area contributed by atoms with Gasteiger partial charge in [-0.1, -0.05) is 30.3 Å². The number of piperidine rings is 1. The van der Waals surface area contributed by atoms with Crippen LogP contribution in [0.4, 0.5) is 4.79 Å². The molecule has 0 N–H and O–H groups in total. The Kier molecular flexibility index (Phi) is 4.62. The van der Waals surface area contributed by atoms with Gasteiger partial charge in [-0.05, 0) is 5.56 Å². The van der Waals surface area contributed by atoms with Gasteiger partial charge in [0.15, 0.2) is 0 Å². The normalized spacial score (nSPS) is 15.6. The van der Waals surface area contributed by atoms with Crippen LogP contribution in [0.25, 0.3) is 0 Å². The molecule has 1 aliphatic heterocycles. The van der Waals surface area contributed by atoms with Crippen LogP contribution in [0.15, 0.2) is 30.3 Å². The molecule has 0 aliphatic carbocycles. The number of nitriles is 1. The molecular formula is C14H16N2O3. The van der Waals surface area contributed by atoms with Crippen molar-refractivity contribution in [3.05, 3.63) is 35.9 Å². The smallest absolute Gasteiger partial charge is 0.410 e. The minimum Gasteiger partial charge on any atom is -0.445 e. The van der Waals surface area contributed by atoms with Gasteiger partial charge in [-0.3, -0.25) is 0 Å². The molecule has 0 saturated carbocycles. The van der Waals surface area contributed by atoms with Crippen LogP contribution in [-0.2, 0) is 16.1 Å². The van der Waals surface area contributed by atoms with Gasteiger partial charge >= 0.3 is 6.09 Å². The number of amides is 1. The average molecular weight is 260 g/mol. The first-order valence-electron chi connectivity index (χ1n) is 6.30. The lowest BCUT2D eigenvalue weighted by atomic mass is 10.1. The fourth-order valence-electron chi connectivity index (χ4n) is 2.04. The Balaban J connectivity index is 1.74. The number of carbonyl (C=O) groups excluding carboxylic acids is 1. The van der Waals surface area contributed by atoms with E-state index < -0.39 is 0 Å². The maximum Gasteiger partial charge on any atom is 0.410 e. The molecule has 19 heavy (non-hydrogen) atoms. The summed E-state index contributed by atoms with van der Waals surface area (Å²) in [6.45, 7) is 1.42. The number of benzene rings is 1. The van der Waals surface area contributed by atoms with Crippen LogP contribution in [0.3, 0.4) is 0 Å². The molecule has 0 unspecified atom stereocenters. The monoisotopic (exact) mass is 260 g/mol. The topological polar surface area (TPSA) is 62.6 Å². The van der Waals surface area contributed by atoms with Gasteiger partial charge in [0.05, 0.1) is 0 Å². The maximum absolute atomic E-state index is 11.8. The van der Waals surface area contributed by atoms with E-state index >= 15 is 0 Å². The highest BCUT2D eigenvalue weighted by molar-refractivity contribution is 5.67. The summed E-state index contributed by atoms with van der Waals surface area (Å²) in [4.78, 5) is 13.5. The molecule has 1 saturated heterocycles. The second kappa shape index (κ2) is 6.64. The van der Waals surface area contributed by atoms with Crippen LogP contribution in [0.1, 0.15) is 18.4 Å². The number of likely N-dealkylation sites (tertiary alicyclic amines) is 1. The van der Waals surface area contributed by atoms with E-state index in [0.717, 1.165) is 5.56 Å². The van der Waals surface area contributed by atoms with Gasteiger partial charge in [0.2, 0.25) is 0 Å². The Morgan fingerprint density at radius 1 is 1.32 bits per heavy atom. The van der Waals surface area contributed by atoms with Crippen LogP contribution in [0.5, 0.6) is 0 Å². The summed E-state index contributed by atoms with van der Waals surface area (Å²) < 4.78 is 10.1. The quantitative estimate of drug-likeness (QED) is 0.782. The molecule has 1 aromatic rings. The highest BCUT2D eigenvalue weighted by atomic mass is 16.6. The van der Waals surface area contributed by atoms with Crippen molar-refractivity contribution < 1.29 is 14.3 Å². The first-order chi connectivity index (χ1) is 9.29. The lowest BCUT2D eigenvalue weighted by molar-refractivity contribution is 0.0537. The zero-order chi connectivity index (χ0) is 13.5. The summed E-state index contributed by atoms with van der Waals surface area (Å²) in [5.41, 5.74) is 0.971. The van der Waals surface area contributed by atoms with Gasteiger partial charge in [0, 0.05) is 25.9 Å². The van der Waals surface area contributed by atoms with Crippen molar-refractivity contribution in [2.75, 3.05) is 13.1 Å². The highest BCUT2D eigenvalue weighted by Gasteiger charge is 2.24. The summed E-state index contributed by atoms with van der Waals surface area (Å²) >= 11 is 0. The lowest BCUT2D eigenvalue weighted by Gasteiger charge is -2.29. The molecule has 1 fully saturated rings. The summed E-state index contributed by atoms with van der Waals surface area (Å²) in [7, 11) is 0. The van der Waals surface area contributed by atoms with Crippen molar-refractivity contribution >= 4 is 6.09 Å². The van der Waals surface area contributed by atoms with Gasteiger partial charge in [0.1, 0.15) is 12.7 Å². The molecule has 1 heterocycles. The second-order valence-electron chi connectivity index (χ2n) is 4.44. The summed E-state index contributed by atoms with van der Waals surface area (Å²) in [6.07, 6.45) is 2.67. The number of rotatable bonds is 3. The Hall–Kier alpha value is -2.22. The minimum absolute atomic E-state index is 0.0665. The van der Waals surface area contributed by atoms with Crippen LogP contribution < -0.4 is 0 Å². The number of nitrogens with zero attached hydrogens (tertiary/aromatic N) is 2. The van der Waals surface area contributed by atoms with Crippen molar-refractivity contribution in [2.45, 2.75) is 25.6 Å². The Morgan fingerprint density at radius 2 is 2.00 bits per heavy atom. The van der Waals surface area contributed by atoms with Crippen molar-refractivity contribution in [3.8, 4) is 6.26 Å². The van der Waals surface area contributed by atoms with Crippen molar-refractivity contribution in [2.24, 2.45) is 0 Å². The molecular weight excluding hydrogens is 244 g/mol. The third-order valence-electron chi connectivity index (χ3n) is 3.12. The van der Waals surface area contributed by atoms with Crippen LogP contribution >= 0.6 is 0 Å². The van der Waals surface area contributed by atoms with E-state index in [1.54, 1.807) is 11.2 Å². The zero-order valence-electron chi connectivity index (χ0n) is 10.6. The second-order valence-corrected chi connectivity index (χ2v) is 4.44. The number of hydrogen-bond acceptors (Lipinski definition) is 4. The number of hydrogen-bond donors (Lipinski definition) is 0. The van der Waals surface area contributed by atoms with E-state index in [1.165, 1.54) is 0 Å². The van der Waals surface area contributed by atoms with E-state index in [-0.39, 0.29) is 18.8 Å². The maximum atomic E-state index is 11.8. The van der Waals surface area contributed by atoms with Gasteiger partial charge in [-0.25, -0.2) is 4.79 Å². The third kappa shape index (κ3) is 3.88. The first kappa shape index (κ1) is 13.2. The first-order valence-corrected chi connectivity index (χ1v) is 6.30. The lowest BCUT2D eigenvalue weighted by Crippen LogP contribution is -2.40. The zero-order valence-corrected chi connectivity index (χ0v) is 10.6. The number of ether oxygens (including phenoxy) is 2. The Morgan fingerprint density at radius 3 is 2.63 bits per heavy atom. The van der Waals surface area contributed by atoms with Gasteiger partial charge in [-0.2, -0.15) is 5.26 Å². The molecule has 0 atom stereocenters. The third-order valence-corrected chi connectivity index (χ3v) is 3.12. The fourth-order valence-corrected chi connectivity index (χ4v) is 2.04. The van der Waals surface area contributed by atoms with Gasteiger partial charge in [-0.15, -0.1) is 0 Å². The van der Waals surface area contributed by atoms with E-state index in [9.17, 15) is 4.79 Å². The van der Waals surface area contributed by atoms with Crippen molar-refractivity contribution in [1.82, 2.24) is 4.90 Å². The molecule has 1 amide bonds. The largest absolute Gasteiger partial charge is 0.445 e.